The Morgan fingerprint density at radius 1 is 1.40 bits per heavy atom. The maximum absolute atomic E-state index is 8.99. The van der Waals surface area contributed by atoms with Crippen LogP contribution in [0.4, 0.5) is 0 Å². The SMILES string of the molecule is C=C(C#N)/C(=C/CC)Cc1ccc(C2(N)CCC2)cc1. The summed E-state index contributed by atoms with van der Waals surface area (Å²) < 4.78 is 0. The lowest BCUT2D eigenvalue weighted by Crippen LogP contribution is -2.43. The predicted octanol–water partition coefficient (Wildman–Crippen LogP) is 3.98. The van der Waals surface area contributed by atoms with E-state index < -0.39 is 0 Å². The second-order valence-corrected chi connectivity index (χ2v) is 5.61. The van der Waals surface area contributed by atoms with E-state index >= 15 is 0 Å². The Bertz CT molecular complexity index is 554. The lowest BCUT2D eigenvalue weighted by Gasteiger charge is -2.38. The molecule has 0 heterocycles. The van der Waals surface area contributed by atoms with Gasteiger partial charge in [0.15, 0.2) is 0 Å². The summed E-state index contributed by atoms with van der Waals surface area (Å²) in [7, 11) is 0. The number of hydrogen-bond acceptors (Lipinski definition) is 2. The molecule has 0 radical (unpaired) electrons. The van der Waals surface area contributed by atoms with E-state index in [1.54, 1.807) is 0 Å². The Morgan fingerprint density at radius 3 is 2.50 bits per heavy atom. The highest BCUT2D eigenvalue weighted by Crippen LogP contribution is 2.38. The van der Waals surface area contributed by atoms with E-state index in [4.69, 9.17) is 11.0 Å². The van der Waals surface area contributed by atoms with E-state index in [1.165, 1.54) is 17.5 Å². The second-order valence-electron chi connectivity index (χ2n) is 5.61. The smallest absolute Gasteiger partial charge is 0.0988 e. The number of allylic oxidation sites excluding steroid dienone is 3. The van der Waals surface area contributed by atoms with Gasteiger partial charge < -0.3 is 5.73 Å². The maximum Gasteiger partial charge on any atom is 0.0988 e. The Labute approximate surface area is 121 Å². The number of hydrogen-bond donors (Lipinski definition) is 1. The summed E-state index contributed by atoms with van der Waals surface area (Å²) in [6.45, 7) is 5.89. The van der Waals surface area contributed by atoms with E-state index in [9.17, 15) is 0 Å². The summed E-state index contributed by atoms with van der Waals surface area (Å²) in [6, 6.07) is 10.6. The van der Waals surface area contributed by atoms with Gasteiger partial charge in [-0.3, -0.25) is 0 Å². The zero-order valence-corrected chi connectivity index (χ0v) is 12.2. The van der Waals surface area contributed by atoms with Crippen LogP contribution in [0.15, 0.2) is 48.1 Å². The molecule has 1 aliphatic rings. The lowest BCUT2D eigenvalue weighted by atomic mass is 9.72. The third-order valence-corrected chi connectivity index (χ3v) is 4.14. The van der Waals surface area contributed by atoms with Crippen molar-refractivity contribution in [1.29, 1.82) is 5.26 Å². The molecular formula is C18H22N2. The van der Waals surface area contributed by atoms with Gasteiger partial charge in [-0.1, -0.05) is 43.8 Å². The molecule has 0 atom stereocenters. The third kappa shape index (κ3) is 3.00. The first kappa shape index (κ1) is 14.6. The van der Waals surface area contributed by atoms with Crippen molar-refractivity contribution in [2.45, 2.75) is 44.6 Å². The van der Waals surface area contributed by atoms with Gasteiger partial charge in [0.1, 0.15) is 0 Å². The van der Waals surface area contributed by atoms with Gasteiger partial charge in [0.05, 0.1) is 6.07 Å². The molecule has 2 N–H and O–H groups in total. The van der Waals surface area contributed by atoms with Gasteiger partial charge in [-0.2, -0.15) is 5.26 Å². The Morgan fingerprint density at radius 2 is 2.05 bits per heavy atom. The minimum Gasteiger partial charge on any atom is -0.321 e. The van der Waals surface area contributed by atoms with Gasteiger partial charge in [-0.25, -0.2) is 0 Å². The standard InChI is InChI=1S/C18H22N2/c1-3-5-16(14(2)13-19)12-15-6-8-17(9-7-15)18(20)10-4-11-18/h5-9H,2-4,10-12,20H2,1H3/b16-5+. The average Bonchev–Trinajstić information content (AvgIpc) is 2.44. The zero-order valence-electron chi connectivity index (χ0n) is 12.2. The summed E-state index contributed by atoms with van der Waals surface area (Å²) in [5.74, 6) is 0. The number of benzene rings is 1. The van der Waals surface area contributed by atoms with Crippen molar-refractivity contribution in [2.24, 2.45) is 5.73 Å². The maximum atomic E-state index is 8.99. The largest absolute Gasteiger partial charge is 0.321 e. The molecule has 0 spiro atoms. The van der Waals surface area contributed by atoms with Crippen LogP contribution < -0.4 is 5.73 Å². The van der Waals surface area contributed by atoms with Crippen molar-refractivity contribution < 1.29 is 0 Å². The van der Waals surface area contributed by atoms with E-state index in [-0.39, 0.29) is 5.54 Å². The molecule has 20 heavy (non-hydrogen) atoms. The molecule has 1 aliphatic carbocycles. The lowest BCUT2D eigenvalue weighted by molar-refractivity contribution is 0.253. The van der Waals surface area contributed by atoms with Gasteiger partial charge in [-0.05, 0) is 48.8 Å². The van der Waals surface area contributed by atoms with Crippen LogP contribution in [0.1, 0.15) is 43.7 Å². The summed E-state index contributed by atoms with van der Waals surface area (Å²) in [5, 5.41) is 8.99. The summed E-state index contributed by atoms with van der Waals surface area (Å²) >= 11 is 0. The predicted molar refractivity (Wildman–Crippen MR) is 83.0 cm³/mol. The summed E-state index contributed by atoms with van der Waals surface area (Å²) in [5.41, 5.74) is 10.2. The van der Waals surface area contributed by atoms with Gasteiger partial charge in [0.25, 0.3) is 0 Å². The van der Waals surface area contributed by atoms with E-state index in [0.717, 1.165) is 31.3 Å². The fourth-order valence-corrected chi connectivity index (χ4v) is 2.64. The molecule has 2 heteroatoms. The van der Waals surface area contributed by atoms with Crippen LogP contribution in [0.5, 0.6) is 0 Å². The van der Waals surface area contributed by atoms with Crippen LogP contribution in [0.2, 0.25) is 0 Å². The Kier molecular flexibility index (Phi) is 4.42. The highest BCUT2D eigenvalue weighted by atomic mass is 14.8. The molecule has 1 saturated carbocycles. The van der Waals surface area contributed by atoms with Gasteiger partial charge in [0.2, 0.25) is 0 Å². The summed E-state index contributed by atoms with van der Waals surface area (Å²) in [6.07, 6.45) is 7.15. The van der Waals surface area contributed by atoms with E-state index in [1.807, 2.05) is 0 Å². The molecule has 0 unspecified atom stereocenters. The molecule has 1 aromatic rings. The van der Waals surface area contributed by atoms with Gasteiger partial charge >= 0.3 is 0 Å². The fourth-order valence-electron chi connectivity index (χ4n) is 2.64. The quantitative estimate of drug-likeness (QED) is 0.647. The highest BCUT2D eigenvalue weighted by molar-refractivity contribution is 5.43. The number of rotatable bonds is 5. The second kappa shape index (κ2) is 6.07. The van der Waals surface area contributed by atoms with Crippen LogP contribution >= 0.6 is 0 Å². The molecule has 1 fully saturated rings. The molecule has 104 valence electrons. The molecule has 2 rings (SSSR count). The molecule has 0 aliphatic heterocycles. The average molecular weight is 266 g/mol. The van der Waals surface area contributed by atoms with Crippen LogP contribution in [-0.2, 0) is 12.0 Å². The van der Waals surface area contributed by atoms with Crippen LogP contribution in [0.3, 0.4) is 0 Å². The van der Waals surface area contributed by atoms with Crippen LogP contribution in [-0.4, -0.2) is 0 Å². The van der Waals surface area contributed by atoms with E-state index in [0.29, 0.717) is 5.57 Å². The van der Waals surface area contributed by atoms with Crippen molar-refractivity contribution in [3.05, 3.63) is 59.2 Å². The molecule has 0 amide bonds. The van der Waals surface area contributed by atoms with E-state index in [2.05, 4.69) is 49.9 Å². The van der Waals surface area contributed by atoms with Crippen LogP contribution in [0.25, 0.3) is 0 Å². The van der Waals surface area contributed by atoms with Gasteiger partial charge in [-0.15, -0.1) is 0 Å². The number of nitrogens with two attached hydrogens (primary N) is 1. The monoisotopic (exact) mass is 266 g/mol. The van der Waals surface area contributed by atoms with Crippen molar-refractivity contribution in [2.75, 3.05) is 0 Å². The number of nitrogens with zero attached hydrogens (tertiary/aromatic N) is 1. The Balaban J connectivity index is 2.12. The molecule has 0 aromatic heterocycles. The minimum absolute atomic E-state index is 0.100. The third-order valence-electron chi connectivity index (χ3n) is 4.14. The first-order valence-electron chi connectivity index (χ1n) is 7.26. The Hall–Kier alpha value is -1.85. The fraction of sp³-hybridized carbons (Fsp3) is 0.389. The minimum atomic E-state index is -0.100. The number of nitriles is 1. The van der Waals surface area contributed by atoms with Crippen molar-refractivity contribution >= 4 is 0 Å². The molecule has 0 saturated heterocycles. The first-order valence-corrected chi connectivity index (χ1v) is 7.26. The normalized spacial score (nSPS) is 17.1. The zero-order chi connectivity index (χ0) is 14.6. The van der Waals surface area contributed by atoms with Crippen LogP contribution in [0, 0.1) is 11.3 Å². The van der Waals surface area contributed by atoms with Crippen molar-refractivity contribution in [3.8, 4) is 6.07 Å². The summed E-state index contributed by atoms with van der Waals surface area (Å²) in [4.78, 5) is 0. The van der Waals surface area contributed by atoms with Gasteiger partial charge in [0, 0.05) is 11.1 Å². The molecule has 1 aromatic carbocycles. The van der Waals surface area contributed by atoms with Crippen molar-refractivity contribution in [3.63, 3.8) is 0 Å². The van der Waals surface area contributed by atoms with Crippen molar-refractivity contribution in [1.82, 2.24) is 0 Å². The molecular weight excluding hydrogens is 244 g/mol. The molecule has 2 nitrogen and oxygen atoms in total. The highest BCUT2D eigenvalue weighted by Gasteiger charge is 2.33. The molecule has 0 bridgehead atoms. The first-order chi connectivity index (χ1) is 9.59. The topological polar surface area (TPSA) is 49.8 Å².